The Morgan fingerprint density at radius 1 is 1.10 bits per heavy atom. The summed E-state index contributed by atoms with van der Waals surface area (Å²) in [4.78, 5) is 2.11. The maximum absolute atomic E-state index is 12.4. The van der Waals surface area contributed by atoms with Crippen LogP contribution in [0.1, 0.15) is 22.7 Å². The third-order valence-corrected chi connectivity index (χ3v) is 5.20. The minimum absolute atomic E-state index is 0. The molecule has 11 heteroatoms. The topological polar surface area (TPSA) is 68.5 Å². The van der Waals surface area contributed by atoms with Crippen LogP contribution < -0.4 is 10.1 Å². The zero-order valence-electron chi connectivity index (χ0n) is 15.4. The van der Waals surface area contributed by atoms with Crippen LogP contribution in [-0.4, -0.2) is 42.5 Å². The summed E-state index contributed by atoms with van der Waals surface area (Å²) < 4.78 is 41.9. The van der Waals surface area contributed by atoms with Crippen molar-refractivity contribution in [2.45, 2.75) is 12.4 Å². The van der Waals surface area contributed by atoms with Crippen LogP contribution in [0, 0.1) is 11.3 Å². The van der Waals surface area contributed by atoms with Crippen LogP contribution in [0.15, 0.2) is 40.9 Å². The van der Waals surface area contributed by atoms with Gasteiger partial charge in [-0.15, -0.1) is 38.0 Å². The van der Waals surface area contributed by atoms with E-state index in [0.29, 0.717) is 28.7 Å². The minimum Gasteiger partial charge on any atom is -0.506 e. The van der Waals surface area contributed by atoms with E-state index < -0.39 is 12.4 Å². The lowest BCUT2D eigenvalue weighted by molar-refractivity contribution is -0.274. The van der Waals surface area contributed by atoms with Gasteiger partial charge in [-0.3, -0.25) is 4.90 Å². The van der Waals surface area contributed by atoms with Crippen molar-refractivity contribution < 1.29 is 23.0 Å². The highest BCUT2D eigenvalue weighted by molar-refractivity contribution is 9.10. The van der Waals surface area contributed by atoms with Gasteiger partial charge in [0.2, 0.25) is 0 Å². The standard InChI is InChI=1S/C19H17BrF3N3O2.2ClH/c20-15-6-3-13(11-24)18(27)16(15)17(26-9-7-25-8-10-26)12-1-4-14(5-2-12)28-19(21,22)23;;/h1-6,17,25,27H,7-10H2;2*1H/t17-;;/m1../s1. The van der Waals surface area contributed by atoms with Gasteiger partial charge < -0.3 is 15.2 Å². The van der Waals surface area contributed by atoms with E-state index in [-0.39, 0.29) is 41.9 Å². The molecule has 2 aromatic carbocycles. The first-order chi connectivity index (χ1) is 13.3. The fourth-order valence-electron chi connectivity index (χ4n) is 3.29. The zero-order valence-corrected chi connectivity index (χ0v) is 18.7. The molecule has 1 saturated heterocycles. The van der Waals surface area contributed by atoms with E-state index in [1.807, 2.05) is 6.07 Å². The van der Waals surface area contributed by atoms with Crippen LogP contribution in [0.3, 0.4) is 0 Å². The van der Waals surface area contributed by atoms with Crippen LogP contribution in [0.4, 0.5) is 13.2 Å². The van der Waals surface area contributed by atoms with Crippen molar-refractivity contribution in [3.05, 3.63) is 57.6 Å². The molecule has 0 amide bonds. The number of alkyl halides is 3. The molecule has 164 valence electrons. The Hall–Kier alpha value is -1.70. The van der Waals surface area contributed by atoms with Gasteiger partial charge in [0.15, 0.2) is 0 Å². The number of nitrogens with one attached hydrogen (secondary N) is 1. The molecule has 1 fully saturated rings. The fourth-order valence-corrected chi connectivity index (χ4v) is 3.82. The summed E-state index contributed by atoms with van der Waals surface area (Å²) in [5.41, 5.74) is 1.32. The van der Waals surface area contributed by atoms with Gasteiger partial charge in [0, 0.05) is 36.2 Å². The molecule has 0 aromatic heterocycles. The van der Waals surface area contributed by atoms with Gasteiger partial charge in [-0.25, -0.2) is 0 Å². The number of hydrogen-bond acceptors (Lipinski definition) is 5. The quantitative estimate of drug-likeness (QED) is 0.598. The molecule has 0 bridgehead atoms. The molecule has 0 saturated carbocycles. The molecule has 1 aliphatic rings. The largest absolute Gasteiger partial charge is 0.573 e. The average Bonchev–Trinajstić information content (AvgIpc) is 2.66. The first-order valence-corrected chi connectivity index (χ1v) is 9.31. The predicted molar refractivity (Wildman–Crippen MR) is 114 cm³/mol. The van der Waals surface area contributed by atoms with Crippen LogP contribution in [-0.2, 0) is 0 Å². The highest BCUT2D eigenvalue weighted by atomic mass is 79.9. The molecule has 1 atom stereocenters. The summed E-state index contributed by atoms with van der Waals surface area (Å²) in [6.45, 7) is 2.83. The first kappa shape index (κ1) is 26.3. The van der Waals surface area contributed by atoms with Gasteiger partial charge in [0.25, 0.3) is 0 Å². The number of hydrogen-bond donors (Lipinski definition) is 2. The lowest BCUT2D eigenvalue weighted by Crippen LogP contribution is -2.45. The number of phenols is 1. The van der Waals surface area contributed by atoms with Crippen LogP contribution >= 0.6 is 40.7 Å². The highest BCUT2D eigenvalue weighted by Gasteiger charge is 2.32. The second-order valence-electron chi connectivity index (χ2n) is 6.27. The Morgan fingerprint density at radius 3 is 2.23 bits per heavy atom. The number of phenolic OH excluding ortho intramolecular Hbond substituents is 1. The summed E-state index contributed by atoms with van der Waals surface area (Å²) >= 11 is 3.44. The number of ether oxygens (including phenoxy) is 1. The van der Waals surface area contributed by atoms with Gasteiger partial charge >= 0.3 is 6.36 Å². The molecule has 0 unspecified atom stereocenters. The number of rotatable bonds is 4. The Kier molecular flexibility index (Phi) is 9.72. The number of benzene rings is 2. The van der Waals surface area contributed by atoms with Crippen molar-refractivity contribution in [3.8, 4) is 17.6 Å². The van der Waals surface area contributed by atoms with E-state index in [0.717, 1.165) is 13.1 Å². The van der Waals surface area contributed by atoms with E-state index in [9.17, 15) is 23.5 Å². The summed E-state index contributed by atoms with van der Waals surface area (Å²) in [5, 5.41) is 23.2. The van der Waals surface area contributed by atoms with Gasteiger partial charge in [0.05, 0.1) is 11.6 Å². The summed E-state index contributed by atoms with van der Waals surface area (Å²) in [7, 11) is 0. The van der Waals surface area contributed by atoms with Crippen molar-refractivity contribution in [2.24, 2.45) is 0 Å². The van der Waals surface area contributed by atoms with E-state index in [4.69, 9.17) is 0 Å². The van der Waals surface area contributed by atoms with Crippen molar-refractivity contribution in [2.75, 3.05) is 26.2 Å². The second kappa shape index (κ2) is 11.1. The van der Waals surface area contributed by atoms with Crippen LogP contribution in [0.5, 0.6) is 11.5 Å². The zero-order chi connectivity index (χ0) is 20.3. The van der Waals surface area contributed by atoms with E-state index >= 15 is 0 Å². The Balaban J connectivity index is 0.00000225. The van der Waals surface area contributed by atoms with Gasteiger partial charge in [-0.1, -0.05) is 28.1 Å². The number of halogens is 6. The lowest BCUT2D eigenvalue weighted by Gasteiger charge is -2.36. The van der Waals surface area contributed by atoms with Gasteiger partial charge in [0.1, 0.15) is 17.6 Å². The van der Waals surface area contributed by atoms with Crippen molar-refractivity contribution in [1.82, 2.24) is 10.2 Å². The molecule has 2 aromatic rings. The molecule has 2 N–H and O–H groups in total. The third-order valence-electron chi connectivity index (χ3n) is 4.50. The smallest absolute Gasteiger partial charge is 0.506 e. The molecule has 1 heterocycles. The van der Waals surface area contributed by atoms with Crippen molar-refractivity contribution >= 4 is 40.7 Å². The van der Waals surface area contributed by atoms with Crippen LogP contribution in [0.2, 0.25) is 0 Å². The molecule has 3 rings (SSSR count). The third kappa shape index (κ3) is 6.15. The predicted octanol–water partition coefficient (Wildman–Crippen LogP) is 4.76. The van der Waals surface area contributed by atoms with E-state index in [1.165, 1.54) is 18.2 Å². The number of piperazine rings is 1. The Labute approximate surface area is 192 Å². The fraction of sp³-hybridized carbons (Fsp3) is 0.316. The van der Waals surface area contributed by atoms with Crippen molar-refractivity contribution in [3.63, 3.8) is 0 Å². The summed E-state index contributed by atoms with van der Waals surface area (Å²) in [5.74, 6) is -0.458. The molecule has 0 radical (unpaired) electrons. The Morgan fingerprint density at radius 2 is 1.70 bits per heavy atom. The molecule has 30 heavy (non-hydrogen) atoms. The molecular formula is C19H19BrCl2F3N3O2. The normalized spacial score (nSPS) is 15.3. The number of aromatic hydroxyl groups is 1. The van der Waals surface area contributed by atoms with Gasteiger partial charge in [-0.2, -0.15) is 5.26 Å². The van der Waals surface area contributed by atoms with Gasteiger partial charge in [-0.05, 0) is 29.8 Å². The maximum Gasteiger partial charge on any atom is 0.573 e. The van der Waals surface area contributed by atoms with Crippen molar-refractivity contribution in [1.29, 1.82) is 5.26 Å². The Bertz CT molecular complexity index is 886. The minimum atomic E-state index is -4.76. The van der Waals surface area contributed by atoms with Crippen LogP contribution in [0.25, 0.3) is 0 Å². The number of nitriles is 1. The second-order valence-corrected chi connectivity index (χ2v) is 7.13. The lowest BCUT2D eigenvalue weighted by atomic mass is 9.94. The highest BCUT2D eigenvalue weighted by Crippen LogP contribution is 2.41. The summed E-state index contributed by atoms with van der Waals surface area (Å²) in [6, 6.07) is 10.3. The molecule has 0 aliphatic carbocycles. The maximum atomic E-state index is 12.4. The van der Waals surface area contributed by atoms with E-state index in [2.05, 4.69) is 30.9 Å². The average molecular weight is 529 g/mol. The molecule has 0 spiro atoms. The molecular weight excluding hydrogens is 510 g/mol. The molecule has 1 aliphatic heterocycles. The molecule has 5 nitrogen and oxygen atoms in total. The first-order valence-electron chi connectivity index (χ1n) is 8.52. The number of nitrogens with zero attached hydrogens (tertiary/aromatic N) is 2. The monoisotopic (exact) mass is 527 g/mol. The van der Waals surface area contributed by atoms with E-state index in [1.54, 1.807) is 18.2 Å². The summed E-state index contributed by atoms with van der Waals surface area (Å²) in [6.07, 6.45) is -4.76. The SMILES string of the molecule is Cl.Cl.N#Cc1ccc(Br)c([C@@H](c2ccc(OC(F)(F)F)cc2)N2CCNCC2)c1O.